The number of rotatable bonds is 2. The number of amides is 1. The third kappa shape index (κ3) is 2.58. The van der Waals surface area contributed by atoms with Crippen LogP contribution in [0.15, 0.2) is 21.1 Å². The molecule has 6 heteroatoms. The minimum absolute atomic E-state index is 0.00359. The molecule has 1 aliphatic heterocycles. The van der Waals surface area contributed by atoms with Gasteiger partial charge in [0.25, 0.3) is 0 Å². The highest BCUT2D eigenvalue weighted by atomic mass is 79.9. The van der Waals surface area contributed by atoms with Gasteiger partial charge in [-0.3, -0.25) is 9.59 Å². The molecule has 1 fully saturated rings. The summed E-state index contributed by atoms with van der Waals surface area (Å²) < 4.78 is 1.52. The Morgan fingerprint density at radius 3 is 2.65 bits per heavy atom. The van der Waals surface area contributed by atoms with E-state index in [4.69, 9.17) is 0 Å². The van der Waals surface area contributed by atoms with Gasteiger partial charge in [0.2, 0.25) is 5.91 Å². The van der Waals surface area contributed by atoms with Crippen LogP contribution < -0.4 is 4.90 Å². The lowest BCUT2D eigenvalue weighted by Gasteiger charge is -2.20. The molecule has 1 aromatic carbocycles. The highest BCUT2D eigenvalue weighted by Crippen LogP contribution is 2.35. The molecule has 1 aliphatic rings. The molecule has 90 valence electrons. The molecule has 0 aliphatic carbocycles. The third-order valence-electron chi connectivity index (χ3n) is 2.56. The van der Waals surface area contributed by atoms with E-state index in [0.29, 0.717) is 24.2 Å². The molecule has 0 radical (unpaired) electrons. The van der Waals surface area contributed by atoms with Crippen LogP contribution in [-0.4, -0.2) is 24.0 Å². The normalized spacial score (nSPS) is 19.8. The van der Waals surface area contributed by atoms with E-state index in [9.17, 15) is 9.59 Å². The molecular formula is C11H9Br2NO2S. The first-order chi connectivity index (χ1) is 8.02. The van der Waals surface area contributed by atoms with Crippen LogP contribution in [0.5, 0.6) is 0 Å². The van der Waals surface area contributed by atoms with Gasteiger partial charge in [-0.1, -0.05) is 15.9 Å². The minimum atomic E-state index is -0.00359. The summed E-state index contributed by atoms with van der Waals surface area (Å²) in [5, 5.41) is 0.0255. The van der Waals surface area contributed by atoms with Crippen LogP contribution in [0.4, 0.5) is 5.69 Å². The molecule has 0 saturated carbocycles. The second kappa shape index (κ2) is 5.12. The van der Waals surface area contributed by atoms with Crippen molar-refractivity contribution in [2.45, 2.75) is 11.7 Å². The Morgan fingerprint density at radius 1 is 1.41 bits per heavy atom. The Hall–Kier alpha value is -0.330. The molecule has 2 rings (SSSR count). The molecule has 1 heterocycles. The highest BCUT2D eigenvalue weighted by Gasteiger charge is 2.31. The maximum atomic E-state index is 11.8. The topological polar surface area (TPSA) is 37.4 Å². The molecule has 0 spiro atoms. The van der Waals surface area contributed by atoms with Crippen molar-refractivity contribution in [2.75, 3.05) is 11.4 Å². The summed E-state index contributed by atoms with van der Waals surface area (Å²) in [5.74, 6) is -0.00359. The average molecular weight is 379 g/mol. The summed E-state index contributed by atoms with van der Waals surface area (Å²) in [5.41, 5.74) is 1.12. The molecule has 0 bridgehead atoms. The number of hydrogen-bond donors (Lipinski definition) is 1. The summed E-state index contributed by atoms with van der Waals surface area (Å²) in [6, 6.07) is 3.52. The van der Waals surface area contributed by atoms with E-state index in [2.05, 4.69) is 44.5 Å². The number of hydrogen-bond acceptors (Lipinski definition) is 3. The van der Waals surface area contributed by atoms with Crippen molar-refractivity contribution in [3.8, 4) is 0 Å². The van der Waals surface area contributed by atoms with Crippen molar-refractivity contribution in [1.29, 1.82) is 0 Å². The molecule has 1 atom stereocenters. The van der Waals surface area contributed by atoms with E-state index < -0.39 is 0 Å². The van der Waals surface area contributed by atoms with Crippen molar-refractivity contribution in [2.24, 2.45) is 0 Å². The van der Waals surface area contributed by atoms with Crippen LogP contribution in [0.1, 0.15) is 16.8 Å². The Kier molecular flexibility index (Phi) is 3.95. The van der Waals surface area contributed by atoms with Crippen LogP contribution in [0.3, 0.4) is 0 Å². The van der Waals surface area contributed by atoms with Crippen molar-refractivity contribution in [3.05, 3.63) is 26.6 Å². The van der Waals surface area contributed by atoms with Gasteiger partial charge in [0.15, 0.2) is 6.29 Å². The summed E-state index contributed by atoms with van der Waals surface area (Å²) in [6.45, 7) is 0.531. The average Bonchev–Trinajstić information content (AvgIpc) is 2.56. The molecule has 1 saturated heterocycles. The van der Waals surface area contributed by atoms with Gasteiger partial charge >= 0.3 is 0 Å². The monoisotopic (exact) mass is 377 g/mol. The van der Waals surface area contributed by atoms with Crippen molar-refractivity contribution >= 4 is 62.4 Å². The first-order valence-corrected chi connectivity index (χ1v) is 7.06. The highest BCUT2D eigenvalue weighted by molar-refractivity contribution is 9.11. The Morgan fingerprint density at radius 2 is 2.12 bits per heavy atom. The minimum Gasteiger partial charge on any atom is -0.309 e. The number of carbonyl (C=O) groups excluding carboxylic acids is 2. The summed E-state index contributed by atoms with van der Waals surface area (Å²) in [6.07, 6.45) is 1.16. The maximum Gasteiger partial charge on any atom is 0.228 e. The number of halogens is 2. The lowest BCUT2D eigenvalue weighted by molar-refractivity contribution is -0.117. The molecule has 0 aromatic heterocycles. The molecular weight excluding hydrogens is 370 g/mol. The fourth-order valence-corrected chi connectivity index (χ4v) is 3.66. The van der Waals surface area contributed by atoms with E-state index in [-0.39, 0.29) is 11.2 Å². The van der Waals surface area contributed by atoms with Crippen molar-refractivity contribution in [3.63, 3.8) is 0 Å². The Bertz CT molecular complexity index is 493. The van der Waals surface area contributed by atoms with Crippen LogP contribution in [0.25, 0.3) is 0 Å². The SMILES string of the molecule is O=Cc1cc(Br)cc(Br)c1N1CC(S)CC1=O. The van der Waals surface area contributed by atoms with Gasteiger partial charge in [-0.2, -0.15) is 12.6 Å². The van der Waals surface area contributed by atoms with Crippen LogP contribution in [0, 0.1) is 0 Å². The lowest BCUT2D eigenvalue weighted by Crippen LogP contribution is -2.26. The fourth-order valence-electron chi connectivity index (χ4n) is 1.87. The van der Waals surface area contributed by atoms with Gasteiger partial charge in [0, 0.05) is 32.7 Å². The smallest absolute Gasteiger partial charge is 0.228 e. The number of anilines is 1. The summed E-state index contributed by atoms with van der Waals surface area (Å²) >= 11 is 11.0. The number of nitrogens with zero attached hydrogens (tertiary/aromatic N) is 1. The zero-order chi connectivity index (χ0) is 12.6. The zero-order valence-corrected chi connectivity index (χ0v) is 12.8. The largest absolute Gasteiger partial charge is 0.309 e. The van der Waals surface area contributed by atoms with Gasteiger partial charge in [-0.15, -0.1) is 0 Å². The van der Waals surface area contributed by atoms with E-state index in [1.54, 1.807) is 11.0 Å². The second-order valence-corrected chi connectivity index (χ2v) is 6.31. The van der Waals surface area contributed by atoms with Crippen LogP contribution in [-0.2, 0) is 4.79 Å². The first-order valence-electron chi connectivity index (χ1n) is 4.95. The zero-order valence-electron chi connectivity index (χ0n) is 8.69. The van der Waals surface area contributed by atoms with E-state index >= 15 is 0 Å². The quantitative estimate of drug-likeness (QED) is 0.634. The maximum absolute atomic E-state index is 11.8. The lowest BCUT2D eigenvalue weighted by atomic mass is 10.2. The Balaban J connectivity index is 2.51. The summed E-state index contributed by atoms with van der Waals surface area (Å²) in [7, 11) is 0. The fraction of sp³-hybridized carbons (Fsp3) is 0.273. The predicted molar refractivity (Wildman–Crippen MR) is 77.0 cm³/mol. The van der Waals surface area contributed by atoms with Crippen LogP contribution in [0.2, 0.25) is 0 Å². The third-order valence-corrected chi connectivity index (χ3v) is 3.97. The van der Waals surface area contributed by atoms with E-state index in [0.717, 1.165) is 15.2 Å². The number of carbonyl (C=O) groups is 2. The number of benzene rings is 1. The molecule has 1 amide bonds. The van der Waals surface area contributed by atoms with Gasteiger partial charge < -0.3 is 4.90 Å². The standard InChI is InChI=1S/C11H9Br2NO2S/c12-7-1-6(5-15)11(9(13)2-7)14-4-8(17)3-10(14)16/h1-2,5,8,17H,3-4H2. The van der Waals surface area contributed by atoms with E-state index in [1.165, 1.54) is 0 Å². The van der Waals surface area contributed by atoms with Crippen LogP contribution >= 0.6 is 44.5 Å². The van der Waals surface area contributed by atoms with E-state index in [1.807, 2.05) is 6.07 Å². The molecule has 1 aromatic rings. The van der Waals surface area contributed by atoms with Crippen molar-refractivity contribution < 1.29 is 9.59 Å². The predicted octanol–water partition coefficient (Wildman–Crippen LogP) is 3.06. The summed E-state index contributed by atoms with van der Waals surface area (Å²) in [4.78, 5) is 24.5. The Labute approximate surface area is 121 Å². The van der Waals surface area contributed by atoms with Crippen molar-refractivity contribution in [1.82, 2.24) is 0 Å². The van der Waals surface area contributed by atoms with Gasteiger partial charge in [-0.05, 0) is 28.1 Å². The van der Waals surface area contributed by atoms with Gasteiger partial charge in [0.05, 0.1) is 5.69 Å². The molecule has 0 N–H and O–H groups in total. The molecule has 1 unspecified atom stereocenters. The second-order valence-electron chi connectivity index (χ2n) is 3.81. The molecule has 3 nitrogen and oxygen atoms in total. The number of thiol groups is 1. The first kappa shape index (κ1) is 13.1. The number of aldehydes is 1. The molecule has 17 heavy (non-hydrogen) atoms. The van der Waals surface area contributed by atoms with Gasteiger partial charge in [-0.25, -0.2) is 0 Å². The van der Waals surface area contributed by atoms with Gasteiger partial charge in [0.1, 0.15) is 0 Å².